The maximum Gasteiger partial charge on any atom is 0.271 e. The summed E-state index contributed by atoms with van der Waals surface area (Å²) in [4.78, 5) is 16.2. The number of hydrogen-bond acceptors (Lipinski definition) is 6. The molecule has 1 atom stereocenters. The van der Waals surface area contributed by atoms with Crippen LogP contribution in [0.3, 0.4) is 0 Å². The van der Waals surface area contributed by atoms with Crippen LogP contribution in [0.1, 0.15) is 21.7 Å². The van der Waals surface area contributed by atoms with Gasteiger partial charge in [0.25, 0.3) is 5.69 Å². The Labute approximate surface area is 203 Å². The van der Waals surface area contributed by atoms with Crippen LogP contribution in [-0.2, 0) is 12.6 Å². The highest BCUT2D eigenvalue weighted by Crippen LogP contribution is 2.44. The second-order valence-electron chi connectivity index (χ2n) is 8.17. The number of imidazole rings is 1. The lowest BCUT2D eigenvalue weighted by molar-refractivity contribution is -0.384. The van der Waals surface area contributed by atoms with Crippen molar-refractivity contribution < 1.29 is 9.31 Å². The Morgan fingerprint density at radius 3 is 2.46 bits per heavy atom. The SMILES string of the molecule is Cn1cncc1C(N)(c1ccc(C#N)cc1)c1cc2c(-c3ccc(F)cc3)cc([N+](=O)[O-])cc2s1. The van der Waals surface area contributed by atoms with Gasteiger partial charge in [-0.25, -0.2) is 9.37 Å². The van der Waals surface area contributed by atoms with Crippen LogP contribution < -0.4 is 5.73 Å². The largest absolute Gasteiger partial charge is 0.335 e. The summed E-state index contributed by atoms with van der Waals surface area (Å²) in [7, 11) is 1.84. The van der Waals surface area contributed by atoms with Crippen LogP contribution in [0.5, 0.6) is 0 Å². The molecule has 2 heterocycles. The molecular weight excluding hydrogens is 465 g/mol. The summed E-state index contributed by atoms with van der Waals surface area (Å²) in [5.74, 6) is -0.389. The lowest BCUT2D eigenvalue weighted by Crippen LogP contribution is -2.40. The first-order valence-electron chi connectivity index (χ1n) is 10.6. The zero-order valence-electron chi connectivity index (χ0n) is 18.5. The number of nitro groups is 1. The predicted molar refractivity (Wildman–Crippen MR) is 132 cm³/mol. The van der Waals surface area contributed by atoms with E-state index < -0.39 is 10.5 Å². The molecule has 7 nitrogen and oxygen atoms in total. The van der Waals surface area contributed by atoms with E-state index in [1.165, 1.54) is 35.6 Å². The van der Waals surface area contributed by atoms with E-state index >= 15 is 0 Å². The monoisotopic (exact) mass is 483 g/mol. The minimum absolute atomic E-state index is 0.0632. The minimum atomic E-state index is -1.14. The van der Waals surface area contributed by atoms with Crippen molar-refractivity contribution in [1.82, 2.24) is 9.55 Å². The second-order valence-corrected chi connectivity index (χ2v) is 9.25. The van der Waals surface area contributed by atoms with Gasteiger partial charge in [-0.15, -0.1) is 11.3 Å². The Morgan fingerprint density at radius 1 is 1.14 bits per heavy atom. The van der Waals surface area contributed by atoms with Crippen molar-refractivity contribution in [3.63, 3.8) is 0 Å². The number of benzene rings is 3. The average molecular weight is 484 g/mol. The zero-order valence-corrected chi connectivity index (χ0v) is 19.3. The maximum absolute atomic E-state index is 13.6. The average Bonchev–Trinajstić information content (AvgIpc) is 3.50. The summed E-state index contributed by atoms with van der Waals surface area (Å²) in [5.41, 5.74) is 9.18. The smallest absolute Gasteiger partial charge is 0.271 e. The Kier molecular flexibility index (Phi) is 5.40. The van der Waals surface area contributed by atoms with Gasteiger partial charge in [-0.3, -0.25) is 10.1 Å². The fourth-order valence-corrected chi connectivity index (χ4v) is 5.51. The van der Waals surface area contributed by atoms with Gasteiger partial charge in [-0.2, -0.15) is 5.26 Å². The van der Waals surface area contributed by atoms with Crippen molar-refractivity contribution in [3.8, 4) is 17.2 Å². The third-order valence-corrected chi connectivity index (χ3v) is 7.28. The van der Waals surface area contributed by atoms with Crippen LogP contribution in [0.15, 0.2) is 79.3 Å². The number of thiophene rings is 1. The summed E-state index contributed by atoms with van der Waals surface area (Å²) >= 11 is 1.35. The van der Waals surface area contributed by atoms with Gasteiger partial charge < -0.3 is 10.3 Å². The highest BCUT2D eigenvalue weighted by molar-refractivity contribution is 7.19. The van der Waals surface area contributed by atoms with Crippen molar-refractivity contribution in [2.45, 2.75) is 5.54 Å². The molecule has 35 heavy (non-hydrogen) atoms. The third kappa shape index (κ3) is 3.75. The van der Waals surface area contributed by atoms with Crippen molar-refractivity contribution in [1.29, 1.82) is 5.26 Å². The first-order chi connectivity index (χ1) is 16.8. The summed E-state index contributed by atoms with van der Waals surface area (Å²) < 4.78 is 16.1. The van der Waals surface area contributed by atoms with Gasteiger partial charge in [0.15, 0.2) is 0 Å². The molecule has 0 bridgehead atoms. The Hall–Kier alpha value is -4.39. The molecule has 0 aliphatic heterocycles. The predicted octanol–water partition coefficient (Wildman–Crippen LogP) is 5.47. The molecular formula is C26H18FN5O2S. The molecule has 5 rings (SSSR count). The molecule has 3 aromatic carbocycles. The molecule has 5 aromatic rings. The van der Waals surface area contributed by atoms with E-state index in [2.05, 4.69) is 11.1 Å². The standard InChI is InChI=1S/C26H18FN5O2S/c1-31-15-30-14-24(31)26(29,18-6-2-16(13-28)3-7-18)25-12-22-21(17-4-8-19(27)9-5-17)10-20(32(33)34)11-23(22)35-25/h2-12,14-15H,29H2,1H3. The fourth-order valence-electron chi connectivity index (χ4n) is 4.25. The fraction of sp³-hybridized carbons (Fsp3) is 0.0769. The molecule has 0 radical (unpaired) electrons. The normalized spacial score (nSPS) is 12.9. The first-order valence-corrected chi connectivity index (χ1v) is 11.4. The van der Waals surface area contributed by atoms with E-state index in [-0.39, 0.29) is 11.5 Å². The van der Waals surface area contributed by atoms with Gasteiger partial charge in [-0.1, -0.05) is 24.3 Å². The number of aromatic nitrogens is 2. The number of nitrogens with zero attached hydrogens (tertiary/aromatic N) is 4. The van der Waals surface area contributed by atoms with Crippen LogP contribution >= 0.6 is 11.3 Å². The second kappa shape index (κ2) is 8.43. The Balaban J connectivity index is 1.80. The van der Waals surface area contributed by atoms with Crippen LogP contribution in [0.25, 0.3) is 21.2 Å². The molecule has 2 aromatic heterocycles. The topological polar surface area (TPSA) is 111 Å². The molecule has 0 saturated carbocycles. The number of non-ortho nitro benzene ring substituents is 1. The van der Waals surface area contributed by atoms with Crippen LogP contribution in [0.2, 0.25) is 0 Å². The number of fused-ring (bicyclic) bond motifs is 1. The third-order valence-electron chi connectivity index (χ3n) is 6.07. The Bertz CT molecular complexity index is 1620. The van der Waals surface area contributed by atoms with Crippen molar-refractivity contribution in [3.05, 3.63) is 117 Å². The molecule has 9 heteroatoms. The molecule has 2 N–H and O–H groups in total. The number of hydrogen-bond donors (Lipinski definition) is 1. The van der Waals surface area contributed by atoms with E-state index in [0.29, 0.717) is 27.1 Å². The van der Waals surface area contributed by atoms with Gasteiger partial charge in [0.05, 0.1) is 34.8 Å². The number of nitrogens with two attached hydrogens (primary N) is 1. The first kappa shape index (κ1) is 22.4. The van der Waals surface area contributed by atoms with E-state index in [1.807, 2.05) is 17.7 Å². The number of aryl methyl sites for hydroxylation is 1. The molecule has 0 aliphatic carbocycles. The van der Waals surface area contributed by atoms with E-state index in [1.54, 1.807) is 48.9 Å². The summed E-state index contributed by atoms with van der Waals surface area (Å²) in [5, 5.41) is 21.7. The molecule has 172 valence electrons. The van der Waals surface area contributed by atoms with E-state index in [9.17, 15) is 19.8 Å². The summed E-state index contributed by atoms with van der Waals surface area (Å²) in [6, 6.07) is 19.9. The van der Waals surface area contributed by atoms with E-state index in [0.717, 1.165) is 15.8 Å². The number of rotatable bonds is 5. The lowest BCUT2D eigenvalue weighted by atomic mass is 9.85. The highest BCUT2D eigenvalue weighted by atomic mass is 32.1. The zero-order chi connectivity index (χ0) is 24.7. The van der Waals surface area contributed by atoms with Gasteiger partial charge in [-0.05, 0) is 47.0 Å². The number of halogens is 1. The lowest BCUT2D eigenvalue weighted by Gasteiger charge is -2.29. The number of nitriles is 1. The van der Waals surface area contributed by atoms with Crippen molar-refractivity contribution in [2.75, 3.05) is 0 Å². The van der Waals surface area contributed by atoms with Gasteiger partial charge in [0, 0.05) is 34.1 Å². The van der Waals surface area contributed by atoms with Gasteiger partial charge in [0.1, 0.15) is 11.4 Å². The van der Waals surface area contributed by atoms with E-state index in [4.69, 9.17) is 5.73 Å². The quantitative estimate of drug-likeness (QED) is 0.263. The van der Waals surface area contributed by atoms with Crippen LogP contribution in [0, 0.1) is 27.3 Å². The molecule has 0 spiro atoms. The molecule has 0 amide bonds. The molecule has 0 saturated heterocycles. The molecule has 0 aliphatic rings. The van der Waals surface area contributed by atoms with Crippen molar-refractivity contribution >= 4 is 27.1 Å². The maximum atomic E-state index is 13.6. The molecule has 0 fully saturated rings. The summed E-state index contributed by atoms with van der Waals surface area (Å²) in [6.07, 6.45) is 3.34. The molecule has 1 unspecified atom stereocenters. The van der Waals surface area contributed by atoms with Crippen molar-refractivity contribution in [2.24, 2.45) is 12.8 Å². The Morgan fingerprint density at radius 2 is 1.86 bits per heavy atom. The highest BCUT2D eigenvalue weighted by Gasteiger charge is 2.37. The number of nitro benzene ring substituents is 1. The van der Waals surface area contributed by atoms with Crippen LogP contribution in [0.4, 0.5) is 10.1 Å². The van der Waals surface area contributed by atoms with Gasteiger partial charge >= 0.3 is 0 Å². The van der Waals surface area contributed by atoms with Gasteiger partial charge in [0.2, 0.25) is 0 Å². The minimum Gasteiger partial charge on any atom is -0.335 e. The summed E-state index contributed by atoms with van der Waals surface area (Å²) in [6.45, 7) is 0. The van der Waals surface area contributed by atoms with Crippen LogP contribution in [-0.4, -0.2) is 14.5 Å².